The Labute approximate surface area is 138 Å². The van der Waals surface area contributed by atoms with Gasteiger partial charge < -0.3 is 10.6 Å². The normalized spacial score (nSPS) is 17.6. The first-order chi connectivity index (χ1) is 10.7. The van der Waals surface area contributed by atoms with Crippen molar-refractivity contribution in [1.82, 2.24) is 4.90 Å². The van der Waals surface area contributed by atoms with Crippen LogP contribution in [0, 0.1) is 0 Å². The Balaban J connectivity index is 1.46. The summed E-state index contributed by atoms with van der Waals surface area (Å²) in [6, 6.07) is 9.31. The van der Waals surface area contributed by atoms with Crippen LogP contribution < -0.4 is 5.73 Å². The third-order valence-electron chi connectivity index (χ3n) is 4.92. The molecule has 0 amide bonds. The Morgan fingerprint density at radius 1 is 1.27 bits per heavy atom. The fourth-order valence-electron chi connectivity index (χ4n) is 3.50. The van der Waals surface area contributed by atoms with Gasteiger partial charge in [0.25, 0.3) is 0 Å². The lowest BCUT2D eigenvalue weighted by Gasteiger charge is -2.33. The predicted octanol–water partition coefficient (Wildman–Crippen LogP) is 4.14. The number of unbranched alkanes of at least 4 members (excludes halogenated alkanes) is 1. The van der Waals surface area contributed by atoms with Crippen LogP contribution >= 0.6 is 11.3 Å². The van der Waals surface area contributed by atoms with E-state index >= 15 is 0 Å². The number of likely N-dealkylation sites (N-methyl/N-ethyl adjacent to an activating group) is 1. The summed E-state index contributed by atoms with van der Waals surface area (Å²) in [5.74, 6) is 0. The van der Waals surface area contributed by atoms with Gasteiger partial charge >= 0.3 is 0 Å². The Bertz CT molecular complexity index is 591. The first-order valence-electron chi connectivity index (χ1n) is 8.31. The molecule has 1 aliphatic carbocycles. The first kappa shape index (κ1) is 15.6. The van der Waals surface area contributed by atoms with E-state index in [0.717, 1.165) is 18.5 Å². The number of benzene rings is 1. The zero-order valence-electron chi connectivity index (χ0n) is 13.4. The second-order valence-corrected chi connectivity index (χ2v) is 7.23. The summed E-state index contributed by atoms with van der Waals surface area (Å²) >= 11 is 1.80. The maximum absolute atomic E-state index is 6.09. The molecule has 1 aliphatic rings. The molecule has 118 valence electrons. The van der Waals surface area contributed by atoms with Gasteiger partial charge in [0, 0.05) is 11.7 Å². The smallest absolute Gasteiger partial charge is 0.0349 e. The molecule has 0 bridgehead atoms. The highest BCUT2D eigenvalue weighted by atomic mass is 32.1. The second-order valence-electron chi connectivity index (χ2n) is 6.45. The SMILES string of the molecule is CN(CCCCc1ccsc1)C1CCc2c(N)cccc2C1. The fourth-order valence-corrected chi connectivity index (χ4v) is 4.20. The number of nitrogen functional groups attached to an aromatic ring is 1. The predicted molar refractivity (Wildman–Crippen MR) is 96.6 cm³/mol. The van der Waals surface area contributed by atoms with E-state index < -0.39 is 0 Å². The summed E-state index contributed by atoms with van der Waals surface area (Å²) in [6.07, 6.45) is 7.32. The third-order valence-corrected chi connectivity index (χ3v) is 5.65. The molecule has 3 heteroatoms. The van der Waals surface area contributed by atoms with Gasteiger partial charge in [-0.05, 0) is 91.7 Å². The average Bonchev–Trinajstić information content (AvgIpc) is 3.04. The molecule has 3 rings (SSSR count). The van der Waals surface area contributed by atoms with Crippen molar-refractivity contribution in [2.45, 2.75) is 44.6 Å². The monoisotopic (exact) mass is 314 g/mol. The van der Waals surface area contributed by atoms with E-state index in [4.69, 9.17) is 5.73 Å². The van der Waals surface area contributed by atoms with Crippen molar-refractivity contribution >= 4 is 17.0 Å². The number of nitrogens with two attached hydrogens (primary N) is 1. The van der Waals surface area contributed by atoms with Crippen molar-refractivity contribution in [2.24, 2.45) is 0 Å². The highest BCUT2D eigenvalue weighted by Crippen LogP contribution is 2.28. The van der Waals surface area contributed by atoms with Gasteiger partial charge in [0.2, 0.25) is 0 Å². The molecule has 1 heterocycles. The van der Waals surface area contributed by atoms with Crippen molar-refractivity contribution in [3.05, 3.63) is 51.7 Å². The number of hydrogen-bond acceptors (Lipinski definition) is 3. The number of hydrogen-bond donors (Lipinski definition) is 1. The lowest BCUT2D eigenvalue weighted by molar-refractivity contribution is 0.218. The number of fused-ring (bicyclic) bond motifs is 1. The molecule has 1 unspecified atom stereocenters. The summed E-state index contributed by atoms with van der Waals surface area (Å²) in [5.41, 5.74) is 11.4. The lowest BCUT2D eigenvalue weighted by Crippen LogP contribution is -2.37. The highest BCUT2D eigenvalue weighted by Gasteiger charge is 2.22. The molecule has 2 aromatic rings. The second kappa shape index (κ2) is 7.30. The van der Waals surface area contributed by atoms with Crippen molar-refractivity contribution in [2.75, 3.05) is 19.3 Å². The van der Waals surface area contributed by atoms with Gasteiger partial charge in [-0.1, -0.05) is 12.1 Å². The maximum atomic E-state index is 6.09. The van der Waals surface area contributed by atoms with Crippen molar-refractivity contribution in [3.63, 3.8) is 0 Å². The molecule has 1 aromatic carbocycles. The van der Waals surface area contributed by atoms with Crippen LogP contribution in [0.4, 0.5) is 5.69 Å². The van der Waals surface area contributed by atoms with Crippen molar-refractivity contribution in [1.29, 1.82) is 0 Å². The van der Waals surface area contributed by atoms with Crippen LogP contribution in [0.2, 0.25) is 0 Å². The molecule has 0 fully saturated rings. The molecule has 1 atom stereocenters. The molecular formula is C19H26N2S. The lowest BCUT2D eigenvalue weighted by atomic mass is 9.86. The minimum atomic E-state index is 0.676. The van der Waals surface area contributed by atoms with Gasteiger partial charge in [0.05, 0.1) is 0 Å². The average molecular weight is 314 g/mol. The zero-order valence-corrected chi connectivity index (χ0v) is 14.2. The molecule has 0 spiro atoms. The van der Waals surface area contributed by atoms with Gasteiger partial charge in [0.1, 0.15) is 0 Å². The Morgan fingerprint density at radius 3 is 3.00 bits per heavy atom. The summed E-state index contributed by atoms with van der Waals surface area (Å²) in [5, 5.41) is 4.44. The number of aryl methyl sites for hydroxylation is 1. The standard InChI is InChI=1S/C19H26N2S/c1-21(11-3-2-5-15-10-12-22-14-15)17-8-9-18-16(13-17)6-4-7-19(18)20/h4,6-7,10,12,14,17H,2-3,5,8-9,11,13,20H2,1H3. The van der Waals surface area contributed by atoms with Crippen LogP contribution in [0.3, 0.4) is 0 Å². The van der Waals surface area contributed by atoms with E-state index in [-0.39, 0.29) is 0 Å². The largest absolute Gasteiger partial charge is 0.398 e. The molecule has 0 saturated carbocycles. The van der Waals surface area contributed by atoms with E-state index in [1.54, 1.807) is 11.3 Å². The highest BCUT2D eigenvalue weighted by molar-refractivity contribution is 7.07. The van der Waals surface area contributed by atoms with E-state index in [9.17, 15) is 0 Å². The van der Waals surface area contributed by atoms with Crippen LogP contribution in [0.1, 0.15) is 36.0 Å². The van der Waals surface area contributed by atoms with E-state index in [1.165, 1.54) is 48.9 Å². The third kappa shape index (κ3) is 3.71. The zero-order chi connectivity index (χ0) is 15.4. The molecule has 0 aliphatic heterocycles. The fraction of sp³-hybridized carbons (Fsp3) is 0.474. The summed E-state index contributed by atoms with van der Waals surface area (Å²) in [4.78, 5) is 2.56. The van der Waals surface area contributed by atoms with E-state index in [1.807, 2.05) is 6.07 Å². The quantitative estimate of drug-likeness (QED) is 0.641. The first-order valence-corrected chi connectivity index (χ1v) is 9.26. The van der Waals surface area contributed by atoms with E-state index in [2.05, 4.69) is 40.9 Å². The molecule has 1 aromatic heterocycles. The molecule has 0 saturated heterocycles. The number of anilines is 1. The van der Waals surface area contributed by atoms with Crippen LogP contribution in [-0.4, -0.2) is 24.5 Å². The van der Waals surface area contributed by atoms with Gasteiger partial charge in [-0.25, -0.2) is 0 Å². The Hall–Kier alpha value is -1.32. The molecule has 22 heavy (non-hydrogen) atoms. The van der Waals surface area contributed by atoms with Gasteiger partial charge in [-0.2, -0.15) is 11.3 Å². The van der Waals surface area contributed by atoms with Crippen molar-refractivity contribution < 1.29 is 0 Å². The van der Waals surface area contributed by atoms with E-state index in [0.29, 0.717) is 6.04 Å². The van der Waals surface area contributed by atoms with Crippen LogP contribution in [-0.2, 0) is 19.3 Å². The van der Waals surface area contributed by atoms with Crippen molar-refractivity contribution in [3.8, 4) is 0 Å². The summed E-state index contributed by atoms with van der Waals surface area (Å²) in [7, 11) is 2.28. The Kier molecular flexibility index (Phi) is 5.16. The molecule has 2 nitrogen and oxygen atoms in total. The van der Waals surface area contributed by atoms with Crippen LogP contribution in [0.25, 0.3) is 0 Å². The molecular weight excluding hydrogens is 288 g/mol. The van der Waals surface area contributed by atoms with Gasteiger partial charge in [0.15, 0.2) is 0 Å². The van der Waals surface area contributed by atoms with Gasteiger partial charge in [-0.15, -0.1) is 0 Å². The maximum Gasteiger partial charge on any atom is 0.0349 e. The molecule has 0 radical (unpaired) electrons. The van der Waals surface area contributed by atoms with Crippen LogP contribution in [0.15, 0.2) is 35.0 Å². The summed E-state index contributed by atoms with van der Waals surface area (Å²) in [6.45, 7) is 1.20. The minimum absolute atomic E-state index is 0.676. The van der Waals surface area contributed by atoms with Gasteiger partial charge in [-0.3, -0.25) is 0 Å². The van der Waals surface area contributed by atoms with Crippen LogP contribution in [0.5, 0.6) is 0 Å². The number of rotatable bonds is 6. The Morgan fingerprint density at radius 2 is 2.18 bits per heavy atom. The minimum Gasteiger partial charge on any atom is -0.398 e. The topological polar surface area (TPSA) is 29.3 Å². The summed E-state index contributed by atoms with van der Waals surface area (Å²) < 4.78 is 0. The number of nitrogens with zero attached hydrogens (tertiary/aromatic N) is 1. The molecule has 2 N–H and O–H groups in total. The number of thiophene rings is 1.